The number of hydrogen-bond acceptors (Lipinski definition) is 4. The van der Waals surface area contributed by atoms with Crippen molar-refractivity contribution in [1.29, 1.82) is 0 Å². The molecule has 28 heavy (non-hydrogen) atoms. The van der Waals surface area contributed by atoms with Crippen LogP contribution in [0.3, 0.4) is 0 Å². The molecule has 0 aromatic heterocycles. The third-order valence-corrected chi connectivity index (χ3v) is 9.91. The standard InChI is InChI=1S/C24H38N2O2/c1-15-12-16-13-17(26-28-18-8-11-25-14-18)6-9-23(16,2)20-7-10-24(3)19(22(15)20)4-5-21(24)27/h15-16,18-20,22,25H,4-14H2,1-3H3/b26-17+/t15-,16?,18+,19+,20+,22+,23+,24+/m1/s1. The molecule has 1 saturated heterocycles. The zero-order valence-corrected chi connectivity index (χ0v) is 18.0. The van der Waals surface area contributed by atoms with E-state index in [1.807, 2.05) is 0 Å². The first-order chi connectivity index (χ1) is 13.4. The topological polar surface area (TPSA) is 50.7 Å². The Morgan fingerprint density at radius 3 is 2.75 bits per heavy atom. The van der Waals surface area contributed by atoms with Gasteiger partial charge in [-0.05, 0) is 86.5 Å². The molecule has 0 amide bonds. The molecule has 0 aromatic rings. The van der Waals surface area contributed by atoms with Crippen molar-refractivity contribution in [3.63, 3.8) is 0 Å². The van der Waals surface area contributed by atoms with Crippen LogP contribution in [0.5, 0.6) is 0 Å². The second-order valence-corrected chi connectivity index (χ2v) is 11.2. The largest absolute Gasteiger partial charge is 0.391 e. The van der Waals surface area contributed by atoms with Crippen LogP contribution in [0.4, 0.5) is 0 Å². The van der Waals surface area contributed by atoms with Crippen LogP contribution in [0.25, 0.3) is 0 Å². The minimum Gasteiger partial charge on any atom is -0.391 e. The molecule has 4 nitrogen and oxygen atoms in total. The maximum atomic E-state index is 12.7. The van der Waals surface area contributed by atoms with E-state index >= 15 is 0 Å². The van der Waals surface area contributed by atoms with E-state index in [1.54, 1.807) is 0 Å². The van der Waals surface area contributed by atoms with Crippen LogP contribution >= 0.6 is 0 Å². The van der Waals surface area contributed by atoms with E-state index in [0.717, 1.165) is 75.3 Å². The van der Waals surface area contributed by atoms with Crippen molar-refractivity contribution >= 4 is 11.5 Å². The number of oxime groups is 1. The number of carbonyl (C=O) groups is 1. The van der Waals surface area contributed by atoms with Gasteiger partial charge in [0.1, 0.15) is 11.9 Å². The van der Waals surface area contributed by atoms with Gasteiger partial charge in [0, 0.05) is 24.8 Å². The summed E-state index contributed by atoms with van der Waals surface area (Å²) in [6.07, 6.45) is 10.5. The van der Waals surface area contributed by atoms with Crippen molar-refractivity contribution in [1.82, 2.24) is 5.32 Å². The molecule has 0 spiro atoms. The fraction of sp³-hybridized carbons (Fsp3) is 0.917. The first kappa shape index (κ1) is 19.1. The molecule has 1 N–H and O–H groups in total. The van der Waals surface area contributed by atoms with Gasteiger partial charge < -0.3 is 10.2 Å². The smallest absolute Gasteiger partial charge is 0.141 e. The monoisotopic (exact) mass is 386 g/mol. The number of rotatable bonds is 2. The quantitative estimate of drug-likeness (QED) is 0.707. The van der Waals surface area contributed by atoms with Crippen molar-refractivity contribution in [2.24, 2.45) is 45.6 Å². The molecule has 5 aliphatic rings. The maximum absolute atomic E-state index is 12.7. The summed E-state index contributed by atoms with van der Waals surface area (Å²) in [6, 6.07) is 0. The Bertz CT molecular complexity index is 670. The van der Waals surface area contributed by atoms with Gasteiger partial charge in [-0.3, -0.25) is 4.79 Å². The average molecular weight is 387 g/mol. The Morgan fingerprint density at radius 1 is 1.11 bits per heavy atom. The van der Waals surface area contributed by atoms with Crippen LogP contribution in [0.2, 0.25) is 0 Å². The normalized spacial score (nSPS) is 52.2. The zero-order valence-electron chi connectivity index (χ0n) is 18.0. The van der Waals surface area contributed by atoms with E-state index in [2.05, 4.69) is 31.2 Å². The summed E-state index contributed by atoms with van der Waals surface area (Å²) in [6.45, 7) is 9.36. The van der Waals surface area contributed by atoms with Gasteiger partial charge in [-0.2, -0.15) is 0 Å². The minimum atomic E-state index is -0.0108. The molecule has 4 saturated carbocycles. The number of carbonyl (C=O) groups excluding carboxylic acids is 1. The van der Waals surface area contributed by atoms with Crippen LogP contribution in [0.1, 0.15) is 78.6 Å². The summed E-state index contributed by atoms with van der Waals surface area (Å²) >= 11 is 0. The van der Waals surface area contributed by atoms with E-state index in [9.17, 15) is 4.79 Å². The van der Waals surface area contributed by atoms with Gasteiger partial charge in [-0.15, -0.1) is 0 Å². The second kappa shape index (κ2) is 6.82. The van der Waals surface area contributed by atoms with Crippen molar-refractivity contribution < 1.29 is 9.63 Å². The van der Waals surface area contributed by atoms with E-state index in [1.165, 1.54) is 25.0 Å². The van der Waals surface area contributed by atoms with Crippen LogP contribution in [-0.4, -0.2) is 30.7 Å². The number of hydrogen-bond donors (Lipinski definition) is 1. The molecule has 4 heteroatoms. The third-order valence-electron chi connectivity index (χ3n) is 9.91. The summed E-state index contributed by atoms with van der Waals surface area (Å²) in [4.78, 5) is 18.5. The van der Waals surface area contributed by atoms with Crippen molar-refractivity contribution in [3.05, 3.63) is 0 Å². The predicted molar refractivity (Wildman–Crippen MR) is 111 cm³/mol. The van der Waals surface area contributed by atoms with Gasteiger partial charge in [0.05, 0.1) is 5.71 Å². The van der Waals surface area contributed by atoms with Crippen molar-refractivity contribution in [3.8, 4) is 0 Å². The van der Waals surface area contributed by atoms with Crippen LogP contribution < -0.4 is 5.32 Å². The Labute approximate surface area is 170 Å². The molecular formula is C24H38N2O2. The van der Waals surface area contributed by atoms with Gasteiger partial charge in [-0.25, -0.2) is 0 Å². The number of ketones is 1. The molecule has 5 fully saturated rings. The van der Waals surface area contributed by atoms with E-state index in [-0.39, 0.29) is 11.5 Å². The third kappa shape index (κ3) is 2.80. The molecule has 0 aromatic carbocycles. The first-order valence-electron chi connectivity index (χ1n) is 11.9. The Kier molecular flexibility index (Phi) is 4.65. The molecule has 0 radical (unpaired) electrons. The van der Waals surface area contributed by atoms with Gasteiger partial charge in [0.2, 0.25) is 0 Å². The lowest BCUT2D eigenvalue weighted by atomic mass is 9.43. The molecule has 4 aliphatic carbocycles. The van der Waals surface area contributed by atoms with E-state index in [0.29, 0.717) is 17.1 Å². The predicted octanol–water partition coefficient (Wildman–Crippen LogP) is 4.58. The van der Waals surface area contributed by atoms with E-state index < -0.39 is 0 Å². The number of fused-ring (bicyclic) bond motifs is 5. The van der Waals surface area contributed by atoms with Gasteiger partial charge in [-0.1, -0.05) is 25.9 Å². The highest BCUT2D eigenvalue weighted by atomic mass is 16.6. The highest BCUT2D eigenvalue weighted by Crippen LogP contribution is 2.66. The SMILES string of the molecule is C[C@@H]1CC2C/C(=N/O[C@H]3CCNC3)CC[C@]2(C)[C@H]2CC[C@]3(C)C(=O)CC[C@H]3[C@H]12. The lowest BCUT2D eigenvalue weighted by molar-refractivity contribution is -0.143. The zero-order chi connectivity index (χ0) is 19.5. The molecule has 1 unspecified atom stereocenters. The molecule has 1 aliphatic heterocycles. The first-order valence-corrected chi connectivity index (χ1v) is 11.9. The summed E-state index contributed by atoms with van der Waals surface area (Å²) in [5.41, 5.74) is 1.72. The van der Waals surface area contributed by atoms with Crippen LogP contribution in [0, 0.1) is 40.4 Å². The van der Waals surface area contributed by atoms with Gasteiger partial charge in [0.25, 0.3) is 0 Å². The Hall–Kier alpha value is -0.900. The molecule has 5 rings (SSSR count). The van der Waals surface area contributed by atoms with Crippen molar-refractivity contribution in [2.75, 3.05) is 13.1 Å². The summed E-state index contributed by atoms with van der Waals surface area (Å²) in [5.74, 6) is 4.23. The highest BCUT2D eigenvalue weighted by Gasteiger charge is 2.61. The Morgan fingerprint density at radius 2 is 1.96 bits per heavy atom. The molecule has 156 valence electrons. The summed E-state index contributed by atoms with van der Waals surface area (Å²) in [7, 11) is 0. The van der Waals surface area contributed by atoms with Crippen molar-refractivity contribution in [2.45, 2.75) is 84.7 Å². The van der Waals surface area contributed by atoms with Gasteiger partial charge in [0.15, 0.2) is 0 Å². The lowest BCUT2D eigenvalue weighted by Gasteiger charge is -2.61. The molecule has 0 bridgehead atoms. The summed E-state index contributed by atoms with van der Waals surface area (Å²) in [5, 5.41) is 7.98. The lowest BCUT2D eigenvalue weighted by Crippen LogP contribution is -2.56. The number of nitrogens with zero attached hydrogens (tertiary/aromatic N) is 1. The average Bonchev–Trinajstić information content (AvgIpc) is 3.29. The van der Waals surface area contributed by atoms with Gasteiger partial charge >= 0.3 is 0 Å². The fourth-order valence-corrected chi connectivity index (χ4v) is 8.16. The van der Waals surface area contributed by atoms with E-state index in [4.69, 9.17) is 4.84 Å². The number of Topliss-reactive ketones (excluding diaryl/α,β-unsaturated/α-hetero) is 1. The van der Waals surface area contributed by atoms with Crippen LogP contribution in [-0.2, 0) is 9.63 Å². The summed E-state index contributed by atoms with van der Waals surface area (Å²) < 4.78 is 0. The van der Waals surface area contributed by atoms with Crippen LogP contribution in [0.15, 0.2) is 5.16 Å². The highest BCUT2D eigenvalue weighted by molar-refractivity contribution is 5.87. The molecule has 8 atom stereocenters. The second-order valence-electron chi connectivity index (χ2n) is 11.2. The molecular weight excluding hydrogens is 348 g/mol. The fourth-order valence-electron chi connectivity index (χ4n) is 8.16. The minimum absolute atomic E-state index is 0.0108. The molecule has 1 heterocycles. The Balaban J connectivity index is 1.34. The maximum Gasteiger partial charge on any atom is 0.141 e. The number of nitrogens with one attached hydrogen (secondary N) is 1.